The maximum absolute atomic E-state index is 2.57. The Morgan fingerprint density at radius 3 is 0.754 bits per heavy atom. The minimum Gasteiger partial charge on any atom is -0.112 e. The minimum atomic E-state index is -0.549. The van der Waals surface area contributed by atoms with Gasteiger partial charge in [0.2, 0.25) is 0 Å². The first kappa shape index (κ1) is 80.9. The minimum absolute atomic E-state index is 0.461. The summed E-state index contributed by atoms with van der Waals surface area (Å²) >= 11 is 0. The maximum atomic E-state index is 2.57. The molecule has 4 aliphatic rings. The normalized spacial score (nSPS) is 15.2. The summed E-state index contributed by atoms with van der Waals surface area (Å²) in [6, 6.07) is 178. The first-order valence-electron chi connectivity index (χ1n) is 49.8. The maximum Gasteiger partial charge on any atom is 0.0725 e. The molecule has 0 radical (unpaired) electrons. The molecule has 0 fully saturated rings. The molecule has 660 valence electrons. The van der Waals surface area contributed by atoms with E-state index in [4.69, 9.17) is 0 Å². The summed E-state index contributed by atoms with van der Waals surface area (Å²) in [5.74, 6) is 0. The summed E-state index contributed by atoms with van der Waals surface area (Å²) in [7, 11) is -2.02. The highest BCUT2D eigenvalue weighted by Gasteiger charge is 2.55. The smallest absolute Gasteiger partial charge is 0.0725 e. The molecule has 0 N–H and O–H groups in total. The summed E-state index contributed by atoms with van der Waals surface area (Å²) in [6.07, 6.45) is 0. The monoisotopic (exact) mass is 1870 g/mol. The molecule has 4 heterocycles. The number of aryl methyl sites for hydroxylation is 4. The molecular formula is C138H88P4. The summed E-state index contributed by atoms with van der Waals surface area (Å²) in [6.45, 7) is 9.81. The second kappa shape index (κ2) is 30.3. The van der Waals surface area contributed by atoms with Gasteiger partial charge in [-0.25, -0.2) is 0 Å². The van der Waals surface area contributed by atoms with Gasteiger partial charge in [0.25, 0.3) is 0 Å². The molecule has 0 saturated heterocycles. The van der Waals surface area contributed by atoms with Gasteiger partial charge in [0, 0.05) is 51.7 Å². The molecule has 28 aromatic rings. The summed E-state index contributed by atoms with van der Waals surface area (Å²) in [5.41, 5.74) is 36.3. The van der Waals surface area contributed by atoms with E-state index < -0.39 is 41.0 Å². The van der Waals surface area contributed by atoms with Crippen molar-refractivity contribution >= 4 is 179 Å². The van der Waals surface area contributed by atoms with Crippen LogP contribution in [0.1, 0.15) is 44.5 Å². The molecule has 2 spiro atoms. The second-order valence-electron chi connectivity index (χ2n) is 39.8. The van der Waals surface area contributed by atoms with E-state index >= 15 is 0 Å². The summed E-state index contributed by atoms with van der Waals surface area (Å²) in [5, 5.41) is 38.4. The Labute approximate surface area is 826 Å². The van der Waals surface area contributed by atoms with Crippen LogP contribution >= 0.6 is 30.1 Å². The zero-order chi connectivity index (χ0) is 93.4. The average molecular weight is 1870 g/mol. The Kier molecular flexibility index (Phi) is 17.3. The Morgan fingerprint density at radius 1 is 0.134 bits per heavy atom. The zero-order valence-corrected chi connectivity index (χ0v) is 82.2. The van der Waals surface area contributed by atoms with Crippen LogP contribution in [0.3, 0.4) is 0 Å². The predicted molar refractivity (Wildman–Crippen MR) is 618 cm³/mol. The third-order valence-electron chi connectivity index (χ3n) is 33.5. The number of rotatable bonds is 6. The molecule has 142 heavy (non-hydrogen) atoms. The Bertz CT molecular complexity index is 10200. The zero-order valence-electron chi connectivity index (χ0n) is 78.7. The van der Waals surface area contributed by atoms with E-state index in [0.717, 1.165) is 0 Å². The fourth-order valence-corrected chi connectivity index (χ4v) is 36.4. The van der Waals surface area contributed by atoms with Crippen molar-refractivity contribution in [1.29, 1.82) is 0 Å². The van der Waals surface area contributed by atoms with E-state index in [2.05, 4.69) is 488 Å². The lowest BCUT2D eigenvalue weighted by Gasteiger charge is -2.30. The van der Waals surface area contributed by atoms with Crippen molar-refractivity contribution in [2.24, 2.45) is 26.7 Å². The van der Waals surface area contributed by atoms with Crippen LogP contribution in [0.5, 0.6) is 0 Å². The molecule has 24 aromatic carbocycles. The van der Waals surface area contributed by atoms with Gasteiger partial charge in [-0.2, -0.15) is 0 Å². The molecule has 6 atom stereocenters. The third-order valence-corrected chi connectivity index (χ3v) is 42.5. The molecule has 4 aromatic heterocycles. The van der Waals surface area contributed by atoms with Crippen molar-refractivity contribution in [1.82, 2.24) is 0 Å². The summed E-state index contributed by atoms with van der Waals surface area (Å²) < 4.78 is 0. The van der Waals surface area contributed by atoms with Crippen molar-refractivity contribution in [3.8, 4) is 111 Å². The van der Waals surface area contributed by atoms with Crippen LogP contribution in [0, 0.1) is 0 Å². The number of hydrogen-bond donors (Lipinski definition) is 0. The summed E-state index contributed by atoms with van der Waals surface area (Å²) in [4.78, 5) is 0. The fourth-order valence-electron chi connectivity index (χ4n) is 28.0. The highest BCUT2D eigenvalue weighted by molar-refractivity contribution is 7.61. The van der Waals surface area contributed by atoms with Crippen LogP contribution in [0.2, 0.25) is 0 Å². The number of hydrogen-bond acceptors (Lipinski definition) is 0. The molecule has 32 rings (SSSR count). The van der Waals surface area contributed by atoms with E-state index in [9.17, 15) is 0 Å². The van der Waals surface area contributed by atoms with E-state index in [0.29, 0.717) is 0 Å². The highest BCUT2D eigenvalue weighted by Crippen LogP contribution is 2.70. The molecule has 0 bridgehead atoms. The van der Waals surface area contributed by atoms with Crippen molar-refractivity contribution < 1.29 is 0 Å². The largest absolute Gasteiger partial charge is 0.112 e. The van der Waals surface area contributed by atoms with Gasteiger partial charge < -0.3 is 0 Å². The van der Waals surface area contributed by atoms with Crippen LogP contribution in [-0.4, -0.2) is 0 Å². The molecule has 4 aliphatic carbocycles. The lowest BCUT2D eigenvalue weighted by molar-refractivity contribution is 0.794. The Balaban J connectivity index is 0.000000130. The SMILES string of the molecule is Cp1c2ccccc2c2c(-c3cccc4c(-c5cccc6c5-c5ccccc5C65c6ccccc6-c6c5ccc5ccccc65)c5cccc(-c6cccc7c6c6ccccc6p7C)c5cc34)cccc21.Cp1c2ccccc2c2cccc(-c3cccc4c(-c5cccc6c5-c5ccccc5C65c6ccccc6-c6c5ccc5ccccc65)c5cccc(-c6cccc7c8ccccc8p(C)c67)c5cc34)c21. The topological polar surface area (TPSA) is 0 Å². The van der Waals surface area contributed by atoms with Gasteiger partial charge >= 0.3 is 0 Å². The molecule has 0 amide bonds. The molecule has 4 heteroatoms. The molecule has 6 unspecified atom stereocenters. The number of fused-ring (bicyclic) bond motifs is 40. The standard InChI is InChI=1S/2C69H44P2/c1-70-62-36-11-7-20-45(62)51-30-15-28-49(67(51)70)43-24-13-26-47-56(43)40-57-44(50-29-16-31-52-46-21-8-12-37-63(46)71(2)68(50)52)25-14-27-48(57)64(47)55-32-17-35-60-66(55)54-23-6-10-34-59(54)69(60)58-33-9-5-22-53(58)65-42-19-4-3-18-41(42)38-39-61(65)69;1-70-60-34-11-7-22-51(60)67-45(28-16-36-62(67)70)43-24-13-26-47-54(43)40-55-44(46-29-17-37-63-68(46)52-23-8-12-35-61(52)71(63)2)25-14-27-48(55)64(47)53-30-15-33-58-66(53)50-21-6-10-32-57(50)69(58)56-31-9-5-20-49(56)65-42-19-4-3-18-41(42)38-39-59(65)69/h2*3-40H,1-2H3. The lowest BCUT2D eigenvalue weighted by atomic mass is 9.70. The van der Waals surface area contributed by atoms with Gasteiger partial charge in [-0.05, 0) is 292 Å². The Morgan fingerprint density at radius 2 is 0.373 bits per heavy atom. The molecule has 0 nitrogen and oxygen atoms in total. The second-order valence-corrected chi connectivity index (χ2v) is 48.0. The first-order valence-corrected chi connectivity index (χ1v) is 56.9. The van der Waals surface area contributed by atoms with Crippen LogP contribution < -0.4 is 0 Å². The van der Waals surface area contributed by atoms with Crippen LogP contribution in [0.25, 0.3) is 260 Å². The van der Waals surface area contributed by atoms with Gasteiger partial charge in [0.05, 0.1) is 10.8 Å². The number of benzene rings is 24. The van der Waals surface area contributed by atoms with Gasteiger partial charge in [-0.1, -0.05) is 449 Å². The Hall–Kier alpha value is -16.0. The van der Waals surface area contributed by atoms with Crippen LogP contribution in [0.15, 0.2) is 461 Å². The van der Waals surface area contributed by atoms with Gasteiger partial charge in [0.15, 0.2) is 0 Å². The molecule has 0 saturated carbocycles. The van der Waals surface area contributed by atoms with Crippen molar-refractivity contribution in [2.45, 2.75) is 10.8 Å². The average Bonchev–Trinajstić information content (AvgIpc) is 1.50. The van der Waals surface area contributed by atoms with E-state index in [1.807, 2.05) is 0 Å². The van der Waals surface area contributed by atoms with Gasteiger partial charge in [-0.15, -0.1) is 30.1 Å². The first-order chi connectivity index (χ1) is 70.2. The van der Waals surface area contributed by atoms with Crippen molar-refractivity contribution in [2.75, 3.05) is 0 Å². The quantitative estimate of drug-likeness (QED) is 0.146. The third kappa shape index (κ3) is 10.6. The highest BCUT2D eigenvalue weighted by atomic mass is 31.1. The van der Waals surface area contributed by atoms with Gasteiger partial charge in [-0.3, -0.25) is 0 Å². The molecular weight excluding hydrogens is 1780 g/mol. The predicted octanol–water partition coefficient (Wildman–Crippen LogP) is 40.3. The van der Waals surface area contributed by atoms with Gasteiger partial charge in [0.1, 0.15) is 0 Å². The lowest BCUT2D eigenvalue weighted by Crippen LogP contribution is -2.25. The fraction of sp³-hybridized carbons (Fsp3) is 0.0435. The van der Waals surface area contributed by atoms with E-state index in [-0.39, 0.29) is 0 Å². The van der Waals surface area contributed by atoms with Crippen molar-refractivity contribution in [3.63, 3.8) is 0 Å². The van der Waals surface area contributed by atoms with Crippen molar-refractivity contribution in [3.05, 3.63) is 506 Å². The molecule has 0 aliphatic heterocycles. The van der Waals surface area contributed by atoms with E-state index in [1.54, 1.807) is 0 Å². The van der Waals surface area contributed by atoms with Crippen LogP contribution in [0.4, 0.5) is 0 Å². The van der Waals surface area contributed by atoms with Crippen LogP contribution in [-0.2, 0) is 37.5 Å². The van der Waals surface area contributed by atoms with E-state index in [1.165, 1.54) is 304 Å².